The maximum atomic E-state index is 12.8. The Labute approximate surface area is 165 Å². The Morgan fingerprint density at radius 3 is 2.61 bits per heavy atom. The lowest BCUT2D eigenvalue weighted by Crippen LogP contribution is -2.49. The third-order valence-corrected chi connectivity index (χ3v) is 5.61. The third-order valence-electron chi connectivity index (χ3n) is 5.61. The molecule has 1 aliphatic heterocycles. The molecule has 0 atom stereocenters. The summed E-state index contributed by atoms with van der Waals surface area (Å²) in [4.78, 5) is 19.3. The molecule has 1 aromatic heterocycles. The number of amides is 1. The number of nitrogens with two attached hydrogens (primary N) is 1. The van der Waals surface area contributed by atoms with Crippen molar-refractivity contribution in [2.45, 2.75) is 13.8 Å². The number of pyridine rings is 1. The van der Waals surface area contributed by atoms with Crippen molar-refractivity contribution < 1.29 is 4.79 Å². The summed E-state index contributed by atoms with van der Waals surface area (Å²) in [6, 6.07) is 12.4. The topological polar surface area (TPSA) is 71.2 Å². The fraction of sp³-hybridized carbons (Fsp3) is 0.304. The fourth-order valence-electron chi connectivity index (χ4n) is 4.19. The number of carbonyl (C=O) groups is 1. The van der Waals surface area contributed by atoms with Crippen LogP contribution in [0.2, 0.25) is 0 Å². The minimum absolute atomic E-state index is 0.148. The monoisotopic (exact) mass is 374 g/mol. The van der Waals surface area contributed by atoms with Crippen molar-refractivity contribution >= 4 is 22.5 Å². The van der Waals surface area contributed by atoms with Crippen molar-refractivity contribution in [3.63, 3.8) is 0 Å². The quantitative estimate of drug-likeness (QED) is 0.734. The second-order valence-electron chi connectivity index (χ2n) is 7.88. The molecule has 0 aliphatic carbocycles. The van der Waals surface area contributed by atoms with Gasteiger partial charge in [0.1, 0.15) is 5.82 Å². The minimum Gasteiger partial charge on any atom is -0.383 e. The Kier molecular flexibility index (Phi) is 4.77. The summed E-state index contributed by atoms with van der Waals surface area (Å²) >= 11 is 0. The summed E-state index contributed by atoms with van der Waals surface area (Å²) in [6.45, 7) is 6.93. The zero-order valence-electron chi connectivity index (χ0n) is 16.6. The van der Waals surface area contributed by atoms with E-state index in [2.05, 4.69) is 66.4 Å². The van der Waals surface area contributed by atoms with Crippen LogP contribution in [0.1, 0.15) is 21.5 Å². The maximum Gasteiger partial charge on any atom is 0.255 e. The SMILES string of the molecule is Cc1cccc(C)c1-c1ccc2c(C(=O)NCC3CN(C)C3)c(N)ncc2c1. The molecule has 2 aromatic carbocycles. The molecule has 5 nitrogen and oxygen atoms in total. The molecule has 144 valence electrons. The Hall–Kier alpha value is -2.92. The van der Waals surface area contributed by atoms with E-state index in [1.165, 1.54) is 16.7 Å². The van der Waals surface area contributed by atoms with E-state index in [-0.39, 0.29) is 11.7 Å². The number of aryl methyl sites for hydroxylation is 2. The average molecular weight is 374 g/mol. The highest BCUT2D eigenvalue weighted by atomic mass is 16.1. The van der Waals surface area contributed by atoms with Gasteiger partial charge >= 0.3 is 0 Å². The summed E-state index contributed by atoms with van der Waals surface area (Å²) in [5.41, 5.74) is 11.4. The summed E-state index contributed by atoms with van der Waals surface area (Å²) in [6.07, 6.45) is 1.75. The number of carbonyl (C=O) groups excluding carboxylic acids is 1. The van der Waals surface area contributed by atoms with E-state index in [1.54, 1.807) is 6.20 Å². The molecule has 0 saturated carbocycles. The normalized spacial score (nSPS) is 14.8. The van der Waals surface area contributed by atoms with Crippen LogP contribution in [0.25, 0.3) is 21.9 Å². The average Bonchev–Trinajstić information content (AvgIpc) is 2.64. The van der Waals surface area contributed by atoms with Crippen LogP contribution < -0.4 is 11.1 Å². The zero-order valence-corrected chi connectivity index (χ0v) is 16.6. The van der Waals surface area contributed by atoms with Gasteiger partial charge in [-0.2, -0.15) is 0 Å². The van der Waals surface area contributed by atoms with E-state index in [0.29, 0.717) is 18.0 Å². The predicted octanol–water partition coefficient (Wildman–Crippen LogP) is 3.39. The number of nitrogens with one attached hydrogen (secondary N) is 1. The number of aromatic nitrogens is 1. The van der Waals surface area contributed by atoms with Gasteiger partial charge in [-0.15, -0.1) is 0 Å². The van der Waals surface area contributed by atoms with E-state index in [1.807, 2.05) is 6.07 Å². The Balaban J connectivity index is 1.68. The largest absolute Gasteiger partial charge is 0.383 e. The number of hydrogen-bond acceptors (Lipinski definition) is 4. The number of anilines is 1. The van der Waals surface area contributed by atoms with Crippen molar-refractivity contribution in [2.24, 2.45) is 5.92 Å². The zero-order chi connectivity index (χ0) is 19.8. The van der Waals surface area contributed by atoms with Gasteiger partial charge in [0.25, 0.3) is 5.91 Å². The van der Waals surface area contributed by atoms with E-state index in [9.17, 15) is 4.79 Å². The Morgan fingerprint density at radius 2 is 1.93 bits per heavy atom. The predicted molar refractivity (Wildman–Crippen MR) is 114 cm³/mol. The summed E-state index contributed by atoms with van der Waals surface area (Å²) in [5, 5.41) is 4.79. The van der Waals surface area contributed by atoms with Crippen LogP contribution >= 0.6 is 0 Å². The highest BCUT2D eigenvalue weighted by Crippen LogP contribution is 2.31. The standard InChI is InChI=1S/C23H26N4O/c1-14-5-4-6-15(2)20(14)17-7-8-19-18(9-17)11-25-22(24)21(19)23(28)26-10-16-12-27(3)13-16/h4-9,11,16H,10,12-13H2,1-3H3,(H2,24,25)(H,26,28). The van der Waals surface area contributed by atoms with E-state index < -0.39 is 0 Å². The summed E-state index contributed by atoms with van der Waals surface area (Å²) < 4.78 is 0. The van der Waals surface area contributed by atoms with Crippen LogP contribution in [0, 0.1) is 19.8 Å². The van der Waals surface area contributed by atoms with Gasteiger partial charge in [-0.3, -0.25) is 4.79 Å². The molecule has 28 heavy (non-hydrogen) atoms. The molecule has 3 aromatic rings. The number of benzene rings is 2. The van der Waals surface area contributed by atoms with Crippen LogP contribution in [0.3, 0.4) is 0 Å². The van der Waals surface area contributed by atoms with Crippen LogP contribution in [0.4, 0.5) is 5.82 Å². The van der Waals surface area contributed by atoms with Crippen LogP contribution in [-0.4, -0.2) is 42.5 Å². The van der Waals surface area contributed by atoms with Crippen molar-refractivity contribution in [3.8, 4) is 11.1 Å². The molecule has 1 amide bonds. The Morgan fingerprint density at radius 1 is 1.21 bits per heavy atom. The molecule has 0 spiro atoms. The second-order valence-corrected chi connectivity index (χ2v) is 7.88. The lowest BCUT2D eigenvalue weighted by molar-refractivity contribution is 0.0900. The first-order chi connectivity index (χ1) is 13.4. The summed E-state index contributed by atoms with van der Waals surface area (Å²) in [5.74, 6) is 0.634. The molecule has 4 rings (SSSR count). The Bertz CT molecular complexity index is 1030. The van der Waals surface area contributed by atoms with Crippen molar-refractivity contribution in [1.82, 2.24) is 15.2 Å². The first-order valence-electron chi connectivity index (χ1n) is 9.65. The number of fused-ring (bicyclic) bond motifs is 1. The van der Waals surface area contributed by atoms with E-state index in [4.69, 9.17) is 5.73 Å². The molecular weight excluding hydrogens is 348 g/mol. The maximum absolute atomic E-state index is 12.8. The van der Waals surface area contributed by atoms with Gasteiger partial charge in [0, 0.05) is 37.1 Å². The van der Waals surface area contributed by atoms with E-state index >= 15 is 0 Å². The van der Waals surface area contributed by atoms with Gasteiger partial charge in [-0.25, -0.2) is 4.98 Å². The molecule has 0 radical (unpaired) electrons. The second kappa shape index (κ2) is 7.24. The fourth-order valence-corrected chi connectivity index (χ4v) is 4.19. The number of nitrogen functional groups attached to an aromatic ring is 1. The van der Waals surface area contributed by atoms with Crippen LogP contribution in [-0.2, 0) is 0 Å². The molecule has 5 heteroatoms. The number of rotatable bonds is 4. The number of hydrogen-bond donors (Lipinski definition) is 2. The highest BCUT2D eigenvalue weighted by molar-refractivity contribution is 6.11. The lowest BCUT2D eigenvalue weighted by Gasteiger charge is -2.36. The smallest absolute Gasteiger partial charge is 0.255 e. The van der Waals surface area contributed by atoms with Gasteiger partial charge in [-0.05, 0) is 54.6 Å². The molecule has 1 aliphatic rings. The van der Waals surface area contributed by atoms with E-state index in [0.717, 1.165) is 29.4 Å². The third kappa shape index (κ3) is 3.34. The molecule has 1 fully saturated rings. The van der Waals surface area contributed by atoms with Crippen molar-refractivity contribution in [1.29, 1.82) is 0 Å². The number of nitrogens with zero attached hydrogens (tertiary/aromatic N) is 2. The highest BCUT2D eigenvalue weighted by Gasteiger charge is 2.24. The van der Waals surface area contributed by atoms with Gasteiger partial charge in [0.2, 0.25) is 0 Å². The molecule has 0 unspecified atom stereocenters. The van der Waals surface area contributed by atoms with Gasteiger partial charge < -0.3 is 16.0 Å². The van der Waals surface area contributed by atoms with Crippen LogP contribution in [0.15, 0.2) is 42.6 Å². The summed E-state index contributed by atoms with van der Waals surface area (Å²) in [7, 11) is 2.08. The molecule has 1 saturated heterocycles. The minimum atomic E-state index is -0.148. The van der Waals surface area contributed by atoms with Gasteiger partial charge in [0.05, 0.1) is 5.56 Å². The van der Waals surface area contributed by atoms with Crippen molar-refractivity contribution in [3.05, 3.63) is 59.3 Å². The molecule has 3 N–H and O–H groups in total. The molecule has 2 heterocycles. The molecule has 0 bridgehead atoms. The first-order valence-corrected chi connectivity index (χ1v) is 9.65. The van der Waals surface area contributed by atoms with Crippen LogP contribution in [0.5, 0.6) is 0 Å². The van der Waals surface area contributed by atoms with Gasteiger partial charge in [0.15, 0.2) is 0 Å². The lowest BCUT2D eigenvalue weighted by atomic mass is 9.93. The number of likely N-dealkylation sites (tertiary alicyclic amines) is 1. The molecular formula is C23H26N4O. The first kappa shape index (κ1) is 18.4. The van der Waals surface area contributed by atoms with Gasteiger partial charge in [-0.1, -0.05) is 30.3 Å². The van der Waals surface area contributed by atoms with Crippen molar-refractivity contribution in [2.75, 3.05) is 32.4 Å².